The van der Waals surface area contributed by atoms with E-state index in [9.17, 15) is 19.2 Å². The van der Waals surface area contributed by atoms with Crippen LogP contribution in [-0.4, -0.2) is 54.1 Å². The number of ether oxygens (including phenoxy) is 1. The molecular weight excluding hydrogens is 282 g/mol. The predicted octanol–water partition coefficient (Wildman–Crippen LogP) is -1.86. The summed E-state index contributed by atoms with van der Waals surface area (Å²) in [5.41, 5.74) is 4.28. The van der Waals surface area contributed by atoms with E-state index in [1.165, 1.54) is 13.8 Å². The number of nitrogens with two attached hydrogens (primary N) is 1. The van der Waals surface area contributed by atoms with Gasteiger partial charge in [-0.05, 0) is 13.8 Å². The van der Waals surface area contributed by atoms with E-state index in [2.05, 4.69) is 15.4 Å². The smallest absolute Gasteiger partial charge is 0.330 e. The van der Waals surface area contributed by atoms with Crippen LogP contribution in [0.2, 0.25) is 0 Å². The Morgan fingerprint density at radius 2 is 1.86 bits per heavy atom. The first-order valence-electron chi connectivity index (χ1n) is 5.94. The van der Waals surface area contributed by atoms with Gasteiger partial charge in [0.25, 0.3) is 0 Å². The van der Waals surface area contributed by atoms with Crippen molar-refractivity contribution in [1.82, 2.24) is 10.6 Å². The Morgan fingerprint density at radius 3 is 2.29 bits per heavy atom. The summed E-state index contributed by atoms with van der Waals surface area (Å²) in [5, 5.41) is 13.4. The van der Waals surface area contributed by atoms with E-state index in [0.717, 1.165) is 19.3 Å². The van der Waals surface area contributed by atoms with Gasteiger partial charge in [-0.2, -0.15) is 0 Å². The zero-order valence-corrected chi connectivity index (χ0v) is 12.0. The Labute approximate surface area is 121 Å². The van der Waals surface area contributed by atoms with Crippen molar-refractivity contribution < 1.29 is 29.0 Å². The van der Waals surface area contributed by atoms with Gasteiger partial charge in [-0.3, -0.25) is 9.59 Å². The Hall–Kier alpha value is -2.42. The molecular formula is C12H19N3O6. The van der Waals surface area contributed by atoms with Crippen LogP contribution in [0.5, 0.6) is 0 Å². The number of methoxy groups -OCH3 is 1. The summed E-state index contributed by atoms with van der Waals surface area (Å²) in [5.74, 6) is -3.43. The summed E-state index contributed by atoms with van der Waals surface area (Å²) in [4.78, 5) is 44.7. The van der Waals surface area contributed by atoms with Gasteiger partial charge in [0.2, 0.25) is 11.8 Å². The van der Waals surface area contributed by atoms with Crippen molar-refractivity contribution in [1.29, 1.82) is 0 Å². The summed E-state index contributed by atoms with van der Waals surface area (Å²) >= 11 is 0. The molecule has 0 unspecified atom stereocenters. The molecule has 5 N–H and O–H groups in total. The molecule has 0 aliphatic heterocycles. The third-order valence-electron chi connectivity index (χ3n) is 2.24. The average molecular weight is 301 g/mol. The molecule has 0 spiro atoms. The van der Waals surface area contributed by atoms with Crippen molar-refractivity contribution >= 4 is 23.8 Å². The number of esters is 1. The van der Waals surface area contributed by atoms with Gasteiger partial charge in [0.05, 0.1) is 12.6 Å². The van der Waals surface area contributed by atoms with E-state index >= 15 is 0 Å². The zero-order valence-electron chi connectivity index (χ0n) is 12.0. The quantitative estimate of drug-likeness (QED) is 0.318. The van der Waals surface area contributed by atoms with Gasteiger partial charge in [-0.25, -0.2) is 9.59 Å². The topological polar surface area (TPSA) is 148 Å². The highest BCUT2D eigenvalue weighted by atomic mass is 16.5. The molecule has 118 valence electrons. The number of rotatable bonds is 7. The van der Waals surface area contributed by atoms with Gasteiger partial charge >= 0.3 is 11.9 Å². The molecule has 0 fully saturated rings. The van der Waals surface area contributed by atoms with Gasteiger partial charge in [-0.1, -0.05) is 0 Å². The molecule has 0 aliphatic rings. The fourth-order valence-corrected chi connectivity index (χ4v) is 1.02. The number of aliphatic carboxylic acids is 1. The number of nitrogens with one attached hydrogen (secondary N) is 2. The van der Waals surface area contributed by atoms with E-state index in [4.69, 9.17) is 10.8 Å². The van der Waals surface area contributed by atoms with Gasteiger partial charge in [0.1, 0.15) is 6.04 Å². The third-order valence-corrected chi connectivity index (χ3v) is 2.24. The van der Waals surface area contributed by atoms with Crippen molar-refractivity contribution in [2.24, 2.45) is 5.73 Å². The minimum Gasteiger partial charge on any atom is -0.480 e. The second-order valence-corrected chi connectivity index (χ2v) is 4.69. The Morgan fingerprint density at radius 1 is 1.29 bits per heavy atom. The molecule has 1 atom stereocenters. The standard InChI is InChI=1S/C12H19N3O6/c1-12(2,13)11(20)15-7(10(18)19)6-14-8(16)4-5-9(17)21-3/h4-5,7H,6,13H2,1-3H3,(H,14,16)(H,15,20)(H,18,19)/b5-4+/t7-/m1/s1. The van der Waals surface area contributed by atoms with Crippen LogP contribution in [0.4, 0.5) is 0 Å². The molecule has 0 aliphatic carbocycles. The molecule has 0 bridgehead atoms. The highest BCUT2D eigenvalue weighted by Crippen LogP contribution is 1.97. The summed E-state index contributed by atoms with van der Waals surface area (Å²) in [6.45, 7) is 2.47. The molecule has 0 heterocycles. The van der Waals surface area contributed by atoms with Gasteiger partial charge < -0.3 is 26.2 Å². The molecule has 0 aromatic rings. The van der Waals surface area contributed by atoms with Crippen LogP contribution in [0, 0.1) is 0 Å². The van der Waals surface area contributed by atoms with Crippen LogP contribution >= 0.6 is 0 Å². The zero-order chi connectivity index (χ0) is 16.6. The number of hydrogen-bond donors (Lipinski definition) is 4. The second kappa shape index (κ2) is 8.00. The summed E-state index contributed by atoms with van der Waals surface area (Å²) in [6, 6.07) is -1.34. The van der Waals surface area contributed by atoms with E-state index in [1.807, 2.05) is 0 Å². The summed E-state index contributed by atoms with van der Waals surface area (Å²) in [6.07, 6.45) is 1.77. The van der Waals surface area contributed by atoms with Crippen molar-refractivity contribution in [3.05, 3.63) is 12.2 Å². The molecule has 21 heavy (non-hydrogen) atoms. The number of amides is 2. The molecule has 0 saturated carbocycles. The molecule has 0 aromatic heterocycles. The summed E-state index contributed by atoms with van der Waals surface area (Å²) < 4.78 is 4.28. The van der Waals surface area contributed by atoms with Crippen molar-refractivity contribution in [3.63, 3.8) is 0 Å². The second-order valence-electron chi connectivity index (χ2n) is 4.69. The number of carbonyl (C=O) groups is 4. The molecule has 9 heteroatoms. The highest BCUT2D eigenvalue weighted by molar-refractivity contribution is 5.95. The molecule has 0 aromatic carbocycles. The summed E-state index contributed by atoms with van der Waals surface area (Å²) in [7, 11) is 1.15. The minimum atomic E-state index is -1.34. The fourth-order valence-electron chi connectivity index (χ4n) is 1.02. The lowest BCUT2D eigenvalue weighted by Crippen LogP contribution is -2.56. The molecule has 9 nitrogen and oxygen atoms in total. The lowest BCUT2D eigenvalue weighted by atomic mass is 10.1. The maximum Gasteiger partial charge on any atom is 0.330 e. The molecule has 0 rings (SSSR count). The van der Waals surface area contributed by atoms with E-state index in [0.29, 0.717) is 0 Å². The molecule has 2 amide bonds. The first-order chi connectivity index (χ1) is 9.57. The van der Waals surface area contributed by atoms with Crippen LogP contribution in [0.1, 0.15) is 13.8 Å². The van der Waals surface area contributed by atoms with Crippen LogP contribution < -0.4 is 16.4 Å². The van der Waals surface area contributed by atoms with Crippen molar-refractivity contribution in [2.75, 3.05) is 13.7 Å². The van der Waals surface area contributed by atoms with Gasteiger partial charge in [0, 0.05) is 18.7 Å². The maximum absolute atomic E-state index is 11.6. The average Bonchev–Trinajstić information content (AvgIpc) is 2.38. The number of carboxylic acid groups (broad SMARTS) is 1. The Balaban J connectivity index is 4.51. The van der Waals surface area contributed by atoms with E-state index < -0.39 is 35.3 Å². The Kier molecular flexibility index (Phi) is 7.08. The first kappa shape index (κ1) is 18.6. The molecule has 0 saturated heterocycles. The van der Waals surface area contributed by atoms with Crippen LogP contribution in [0.3, 0.4) is 0 Å². The van der Waals surface area contributed by atoms with Gasteiger partial charge in [-0.15, -0.1) is 0 Å². The van der Waals surface area contributed by atoms with E-state index in [-0.39, 0.29) is 6.54 Å². The fraction of sp³-hybridized carbons (Fsp3) is 0.500. The van der Waals surface area contributed by atoms with Crippen LogP contribution in [0.25, 0.3) is 0 Å². The molecule has 0 radical (unpaired) electrons. The maximum atomic E-state index is 11.6. The minimum absolute atomic E-state index is 0.360. The lowest BCUT2D eigenvalue weighted by Gasteiger charge is -2.21. The first-order valence-corrected chi connectivity index (χ1v) is 5.94. The normalized spacial score (nSPS) is 12.6. The largest absolute Gasteiger partial charge is 0.480 e. The SMILES string of the molecule is COC(=O)/C=C/C(=O)NC[C@@H](NC(=O)C(C)(C)N)C(=O)O. The highest BCUT2D eigenvalue weighted by Gasteiger charge is 2.27. The predicted molar refractivity (Wildman–Crippen MR) is 72.0 cm³/mol. The Bertz CT molecular complexity index is 452. The van der Waals surface area contributed by atoms with Crippen molar-refractivity contribution in [2.45, 2.75) is 25.4 Å². The van der Waals surface area contributed by atoms with Crippen LogP contribution in [-0.2, 0) is 23.9 Å². The number of carbonyl (C=O) groups excluding carboxylic acids is 3. The number of hydrogen-bond acceptors (Lipinski definition) is 6. The lowest BCUT2D eigenvalue weighted by molar-refractivity contribution is -0.142. The van der Waals surface area contributed by atoms with Crippen LogP contribution in [0.15, 0.2) is 12.2 Å². The number of carboxylic acids is 1. The van der Waals surface area contributed by atoms with Crippen molar-refractivity contribution in [3.8, 4) is 0 Å². The monoisotopic (exact) mass is 301 g/mol. The van der Waals surface area contributed by atoms with Gasteiger partial charge in [0.15, 0.2) is 0 Å². The third kappa shape index (κ3) is 7.67. The van der Waals surface area contributed by atoms with E-state index in [1.54, 1.807) is 0 Å².